The Bertz CT molecular complexity index is 1210. The van der Waals surface area contributed by atoms with Gasteiger partial charge in [-0.25, -0.2) is 0 Å². The van der Waals surface area contributed by atoms with Crippen LogP contribution in [0.5, 0.6) is 0 Å². The van der Waals surface area contributed by atoms with Crippen LogP contribution >= 0.6 is 7.14 Å². The van der Waals surface area contributed by atoms with Gasteiger partial charge in [-0.2, -0.15) is 0 Å². The first-order chi connectivity index (χ1) is 14.1. The summed E-state index contributed by atoms with van der Waals surface area (Å²) < 4.78 is 15.1. The van der Waals surface area contributed by atoms with Crippen LogP contribution in [0.25, 0.3) is 11.1 Å². The normalized spacial score (nSPS) is 12.5. The summed E-state index contributed by atoms with van der Waals surface area (Å²) in [5.74, 6) is 0. The van der Waals surface area contributed by atoms with E-state index in [2.05, 4.69) is 44.2 Å². The van der Waals surface area contributed by atoms with E-state index in [1.807, 2.05) is 60.7 Å². The molecule has 0 bridgehead atoms. The SMILES string of the molecule is Cc1cc2c(c(P(=O)(c3ccccc3)c3ccccc3)c1C)Cc1ccccc1-2. The molecule has 1 nitrogen and oxygen atoms in total. The predicted octanol–water partition coefficient (Wildman–Crippen LogP) is 5.51. The molecule has 0 saturated carbocycles. The minimum Gasteiger partial charge on any atom is -0.309 e. The van der Waals surface area contributed by atoms with Crippen molar-refractivity contribution in [3.8, 4) is 11.1 Å². The smallest absolute Gasteiger partial charge is 0.171 e. The van der Waals surface area contributed by atoms with Gasteiger partial charge in [0.05, 0.1) is 0 Å². The van der Waals surface area contributed by atoms with Gasteiger partial charge in [0, 0.05) is 15.9 Å². The molecule has 1 aliphatic rings. The number of benzene rings is 4. The van der Waals surface area contributed by atoms with Crippen molar-refractivity contribution in [3.05, 3.63) is 113 Å². The Morgan fingerprint density at radius 1 is 0.690 bits per heavy atom. The molecule has 29 heavy (non-hydrogen) atoms. The standard InChI is InChI=1S/C27H23OP/c1-19-17-25-24-16-10-9-11-21(24)18-26(25)27(20(19)2)29(28,22-12-5-3-6-13-22)23-14-7-4-8-15-23/h3-17H,18H2,1-2H3. The maximum Gasteiger partial charge on any atom is 0.171 e. The van der Waals surface area contributed by atoms with Crippen LogP contribution in [0.3, 0.4) is 0 Å². The van der Waals surface area contributed by atoms with Gasteiger partial charge in [-0.1, -0.05) is 91.0 Å². The Hall–Kier alpha value is -2.89. The van der Waals surface area contributed by atoms with Crippen molar-refractivity contribution < 1.29 is 4.57 Å². The topological polar surface area (TPSA) is 17.1 Å². The highest BCUT2D eigenvalue weighted by Gasteiger charge is 2.36. The molecule has 0 fully saturated rings. The fourth-order valence-corrected chi connectivity index (χ4v) is 7.84. The first kappa shape index (κ1) is 18.2. The van der Waals surface area contributed by atoms with Crippen LogP contribution < -0.4 is 15.9 Å². The minimum absolute atomic E-state index is 0.839. The summed E-state index contributed by atoms with van der Waals surface area (Å²) in [5.41, 5.74) is 7.41. The molecule has 2 heteroatoms. The number of fused-ring (bicyclic) bond motifs is 3. The summed E-state index contributed by atoms with van der Waals surface area (Å²) >= 11 is 0. The number of rotatable bonds is 3. The van der Waals surface area contributed by atoms with Crippen molar-refractivity contribution in [3.63, 3.8) is 0 Å². The Kier molecular flexibility index (Phi) is 4.30. The van der Waals surface area contributed by atoms with Crippen molar-refractivity contribution in [2.45, 2.75) is 20.3 Å². The number of hydrogen-bond acceptors (Lipinski definition) is 1. The second-order valence-corrected chi connectivity index (χ2v) is 10.5. The first-order valence-corrected chi connectivity index (χ1v) is 11.7. The quantitative estimate of drug-likeness (QED) is 0.369. The molecule has 0 unspecified atom stereocenters. The fraction of sp³-hybridized carbons (Fsp3) is 0.111. The van der Waals surface area contributed by atoms with Crippen molar-refractivity contribution in [2.24, 2.45) is 0 Å². The van der Waals surface area contributed by atoms with E-state index in [9.17, 15) is 0 Å². The van der Waals surface area contributed by atoms with E-state index in [0.29, 0.717) is 0 Å². The van der Waals surface area contributed by atoms with Gasteiger partial charge in [-0.3, -0.25) is 0 Å². The maximum absolute atomic E-state index is 15.1. The molecule has 1 aliphatic carbocycles. The third-order valence-electron chi connectivity index (χ3n) is 6.15. The lowest BCUT2D eigenvalue weighted by Crippen LogP contribution is -2.29. The summed E-state index contributed by atoms with van der Waals surface area (Å²) in [6, 6.07) is 30.9. The van der Waals surface area contributed by atoms with E-state index < -0.39 is 7.14 Å². The lowest BCUT2D eigenvalue weighted by molar-refractivity contribution is 0.592. The van der Waals surface area contributed by atoms with E-state index in [-0.39, 0.29) is 0 Å². The molecule has 0 atom stereocenters. The van der Waals surface area contributed by atoms with Crippen molar-refractivity contribution >= 4 is 23.1 Å². The third kappa shape index (κ3) is 2.73. The van der Waals surface area contributed by atoms with Gasteiger partial charge in [-0.15, -0.1) is 0 Å². The van der Waals surface area contributed by atoms with Crippen molar-refractivity contribution in [1.29, 1.82) is 0 Å². The molecular formula is C27H23OP. The molecule has 0 N–H and O–H groups in total. The van der Waals surface area contributed by atoms with Crippen LogP contribution in [0.1, 0.15) is 22.3 Å². The maximum atomic E-state index is 15.1. The van der Waals surface area contributed by atoms with E-state index in [0.717, 1.165) is 27.9 Å². The largest absolute Gasteiger partial charge is 0.309 e. The molecule has 5 rings (SSSR count). The second-order valence-electron chi connectivity index (χ2n) is 7.81. The summed E-state index contributed by atoms with van der Waals surface area (Å²) in [5, 5.41) is 2.83. The summed E-state index contributed by atoms with van der Waals surface area (Å²) in [6.45, 7) is 4.27. The third-order valence-corrected chi connectivity index (χ3v) is 9.43. The van der Waals surface area contributed by atoms with Crippen LogP contribution in [0, 0.1) is 13.8 Å². The Morgan fingerprint density at radius 3 is 1.86 bits per heavy atom. The molecule has 0 heterocycles. The molecule has 0 aliphatic heterocycles. The monoisotopic (exact) mass is 394 g/mol. The highest BCUT2D eigenvalue weighted by atomic mass is 31.2. The van der Waals surface area contributed by atoms with Crippen LogP contribution in [0.2, 0.25) is 0 Å². The minimum atomic E-state index is -3.01. The van der Waals surface area contributed by atoms with E-state index in [1.54, 1.807) is 0 Å². The van der Waals surface area contributed by atoms with Gasteiger partial charge >= 0.3 is 0 Å². The van der Waals surface area contributed by atoms with Crippen molar-refractivity contribution in [2.75, 3.05) is 0 Å². The van der Waals surface area contributed by atoms with Gasteiger partial charge in [-0.05, 0) is 53.6 Å². The second kappa shape index (κ2) is 6.87. The fourth-order valence-electron chi connectivity index (χ4n) is 4.61. The zero-order valence-corrected chi connectivity index (χ0v) is 17.6. The van der Waals surface area contributed by atoms with E-state index >= 15 is 4.57 Å². The zero-order valence-electron chi connectivity index (χ0n) is 16.7. The molecule has 4 aromatic carbocycles. The van der Waals surface area contributed by atoms with Crippen molar-refractivity contribution in [1.82, 2.24) is 0 Å². The molecule has 0 aromatic heterocycles. The summed E-state index contributed by atoms with van der Waals surface area (Å²) in [6.07, 6.45) is 0.839. The number of hydrogen-bond donors (Lipinski definition) is 0. The Labute approximate surface area is 172 Å². The first-order valence-electron chi connectivity index (χ1n) is 10.0. The predicted molar refractivity (Wildman–Crippen MR) is 124 cm³/mol. The highest BCUT2D eigenvalue weighted by molar-refractivity contribution is 7.85. The van der Waals surface area contributed by atoms with E-state index in [4.69, 9.17) is 0 Å². The molecular weight excluding hydrogens is 371 g/mol. The van der Waals surface area contributed by atoms with Crippen LogP contribution in [-0.2, 0) is 11.0 Å². The zero-order chi connectivity index (χ0) is 20.0. The molecule has 0 spiro atoms. The van der Waals surface area contributed by atoms with Gasteiger partial charge in [0.25, 0.3) is 0 Å². The Morgan fingerprint density at radius 2 is 1.24 bits per heavy atom. The summed E-state index contributed by atoms with van der Waals surface area (Å²) in [7, 11) is -3.01. The van der Waals surface area contributed by atoms with Gasteiger partial charge in [0.15, 0.2) is 7.14 Å². The number of aryl methyl sites for hydroxylation is 1. The summed E-state index contributed by atoms with van der Waals surface area (Å²) in [4.78, 5) is 0. The molecule has 142 valence electrons. The van der Waals surface area contributed by atoms with Crippen LogP contribution in [0.15, 0.2) is 91.0 Å². The molecule has 0 saturated heterocycles. The van der Waals surface area contributed by atoms with Crippen LogP contribution in [0.4, 0.5) is 0 Å². The lowest BCUT2D eigenvalue weighted by atomic mass is 9.99. The highest BCUT2D eigenvalue weighted by Crippen LogP contribution is 2.49. The van der Waals surface area contributed by atoms with Gasteiger partial charge in [0.2, 0.25) is 0 Å². The van der Waals surface area contributed by atoms with E-state index in [1.165, 1.54) is 27.8 Å². The van der Waals surface area contributed by atoms with Gasteiger partial charge in [0.1, 0.15) is 0 Å². The lowest BCUT2D eigenvalue weighted by Gasteiger charge is -2.26. The molecule has 0 amide bonds. The molecule has 4 aromatic rings. The van der Waals surface area contributed by atoms with Crippen LogP contribution in [-0.4, -0.2) is 0 Å². The van der Waals surface area contributed by atoms with Gasteiger partial charge < -0.3 is 4.57 Å². The molecule has 0 radical (unpaired) electrons. The average Bonchev–Trinajstić information content (AvgIpc) is 3.13. The Balaban J connectivity index is 1.88. The average molecular weight is 394 g/mol.